The van der Waals surface area contributed by atoms with E-state index in [0.29, 0.717) is 41.1 Å². The van der Waals surface area contributed by atoms with Crippen molar-refractivity contribution in [1.29, 1.82) is 0 Å². The number of nitrogens with zero attached hydrogens (tertiary/aromatic N) is 4. The maximum absolute atomic E-state index is 12.6. The minimum Gasteiger partial charge on any atom is -0.474 e. The Morgan fingerprint density at radius 2 is 1.97 bits per heavy atom. The fraction of sp³-hybridized carbons (Fsp3) is 0.391. The van der Waals surface area contributed by atoms with Crippen molar-refractivity contribution in [3.8, 4) is 17.3 Å². The molecule has 2 heterocycles. The van der Waals surface area contributed by atoms with Crippen LogP contribution in [0.15, 0.2) is 42.6 Å². The van der Waals surface area contributed by atoms with Gasteiger partial charge in [-0.3, -0.25) is 9.36 Å². The van der Waals surface area contributed by atoms with Crippen molar-refractivity contribution < 1.29 is 14.3 Å². The number of pyridine rings is 1. The molecule has 0 saturated heterocycles. The van der Waals surface area contributed by atoms with E-state index in [9.17, 15) is 4.79 Å². The van der Waals surface area contributed by atoms with Gasteiger partial charge in [-0.05, 0) is 55.0 Å². The third-order valence-corrected chi connectivity index (χ3v) is 5.57. The number of aryl methyl sites for hydroxylation is 1. The lowest BCUT2D eigenvalue weighted by Crippen LogP contribution is -2.17. The average Bonchev–Trinajstić information content (AvgIpc) is 3.13. The second-order valence-corrected chi connectivity index (χ2v) is 8.14. The van der Waals surface area contributed by atoms with Crippen LogP contribution in [-0.2, 0) is 22.6 Å². The number of carbonyl (C=O) groups is 1. The summed E-state index contributed by atoms with van der Waals surface area (Å²) in [5, 5.41) is 8.23. The number of unbranched alkanes of at least 4 members (excludes halogenated alkanes) is 1. The molecule has 2 aromatic heterocycles. The molecule has 176 valence electrons. The molecule has 10 heteroatoms. The van der Waals surface area contributed by atoms with Gasteiger partial charge in [-0.1, -0.05) is 24.9 Å². The molecule has 0 spiro atoms. The maximum Gasteiger partial charge on any atom is 0.237 e. The molecule has 33 heavy (non-hydrogen) atoms. The average molecular weight is 490 g/mol. The molecule has 0 aliphatic carbocycles. The number of hydrogen-bond donors (Lipinski definition) is 1. The molecule has 0 aliphatic heterocycles. The fourth-order valence-electron chi connectivity index (χ4n) is 3.16. The lowest BCUT2D eigenvalue weighted by Gasteiger charge is -2.11. The number of aromatic nitrogens is 4. The maximum atomic E-state index is 12.6. The number of nitrogens with one attached hydrogen (secondary N) is 1. The van der Waals surface area contributed by atoms with E-state index in [2.05, 4.69) is 17.2 Å². The first kappa shape index (κ1) is 24.9. The predicted molar refractivity (Wildman–Crippen MR) is 131 cm³/mol. The molecule has 0 fully saturated rings. The summed E-state index contributed by atoms with van der Waals surface area (Å²) in [6.45, 7) is 4.01. The summed E-state index contributed by atoms with van der Waals surface area (Å²) in [7, 11) is 1.59. The van der Waals surface area contributed by atoms with E-state index in [0.717, 1.165) is 30.8 Å². The van der Waals surface area contributed by atoms with Gasteiger partial charge in [-0.2, -0.15) is 5.10 Å². The van der Waals surface area contributed by atoms with Crippen LogP contribution in [0.5, 0.6) is 5.88 Å². The van der Waals surface area contributed by atoms with E-state index in [4.69, 9.17) is 38.4 Å². The molecule has 0 aliphatic rings. The van der Waals surface area contributed by atoms with Gasteiger partial charge >= 0.3 is 0 Å². The molecule has 0 atom stereocenters. The van der Waals surface area contributed by atoms with E-state index in [1.54, 1.807) is 30.1 Å². The zero-order valence-electron chi connectivity index (χ0n) is 18.8. The number of carbonyl (C=O) groups excluding carboxylic acids is 1. The normalized spacial score (nSPS) is 10.9. The number of anilines is 1. The van der Waals surface area contributed by atoms with Crippen LogP contribution < -0.4 is 10.1 Å². The van der Waals surface area contributed by atoms with Crippen molar-refractivity contribution in [2.24, 2.45) is 0 Å². The highest BCUT2D eigenvalue weighted by molar-refractivity contribution is 7.71. The van der Waals surface area contributed by atoms with Crippen LogP contribution in [0.3, 0.4) is 0 Å². The van der Waals surface area contributed by atoms with Crippen LogP contribution in [0.4, 0.5) is 5.69 Å². The second kappa shape index (κ2) is 12.5. The quantitative estimate of drug-likeness (QED) is 0.285. The van der Waals surface area contributed by atoms with E-state index in [-0.39, 0.29) is 12.3 Å². The first-order valence-electron chi connectivity index (χ1n) is 10.8. The molecule has 1 N–H and O–H groups in total. The number of halogens is 1. The number of benzene rings is 1. The first-order chi connectivity index (χ1) is 16.0. The summed E-state index contributed by atoms with van der Waals surface area (Å²) in [5.41, 5.74) is 1.44. The van der Waals surface area contributed by atoms with E-state index < -0.39 is 0 Å². The summed E-state index contributed by atoms with van der Waals surface area (Å²) in [5.74, 6) is 0.942. The van der Waals surface area contributed by atoms with E-state index in [1.165, 1.54) is 0 Å². The molecule has 3 rings (SSSR count). The highest BCUT2D eigenvalue weighted by atomic mass is 35.5. The van der Waals surface area contributed by atoms with Crippen LogP contribution in [-0.4, -0.2) is 45.6 Å². The molecule has 1 amide bonds. The van der Waals surface area contributed by atoms with Crippen molar-refractivity contribution >= 4 is 35.4 Å². The van der Waals surface area contributed by atoms with Crippen LogP contribution in [0.2, 0.25) is 5.02 Å². The summed E-state index contributed by atoms with van der Waals surface area (Å²) >= 11 is 11.7. The van der Waals surface area contributed by atoms with Gasteiger partial charge in [0.15, 0.2) is 10.6 Å². The van der Waals surface area contributed by atoms with Gasteiger partial charge in [0.25, 0.3) is 0 Å². The second-order valence-electron chi connectivity index (χ2n) is 7.34. The minimum absolute atomic E-state index is 0.183. The van der Waals surface area contributed by atoms with Gasteiger partial charge in [0.2, 0.25) is 11.8 Å². The molecule has 0 radical (unpaired) electrons. The van der Waals surface area contributed by atoms with Crippen molar-refractivity contribution in [2.75, 3.05) is 25.6 Å². The van der Waals surface area contributed by atoms with Gasteiger partial charge in [0.05, 0.1) is 13.2 Å². The Balaban J connectivity index is 1.72. The van der Waals surface area contributed by atoms with Crippen molar-refractivity contribution in [2.45, 2.75) is 39.3 Å². The SMILES string of the molecule is CCCCn1c(-c2ccc(Cl)cc2)nn(CCC(=O)Nc2cccnc2OCCOC)c1=S. The van der Waals surface area contributed by atoms with E-state index >= 15 is 0 Å². The molecular formula is C23H28ClN5O3S. The summed E-state index contributed by atoms with van der Waals surface area (Å²) < 4.78 is 14.9. The Kier molecular flexibility index (Phi) is 9.41. The van der Waals surface area contributed by atoms with Gasteiger partial charge < -0.3 is 14.8 Å². The zero-order valence-corrected chi connectivity index (χ0v) is 20.4. The molecular weight excluding hydrogens is 462 g/mol. The van der Waals surface area contributed by atoms with Crippen LogP contribution in [0.1, 0.15) is 26.2 Å². The summed E-state index contributed by atoms with van der Waals surface area (Å²) in [6, 6.07) is 11.0. The number of ether oxygens (including phenoxy) is 2. The number of rotatable bonds is 12. The molecule has 0 saturated carbocycles. The highest BCUT2D eigenvalue weighted by Crippen LogP contribution is 2.23. The molecule has 1 aromatic carbocycles. The van der Waals surface area contributed by atoms with Gasteiger partial charge in [-0.25, -0.2) is 9.67 Å². The molecule has 0 bridgehead atoms. The minimum atomic E-state index is -0.183. The Morgan fingerprint density at radius 1 is 1.18 bits per heavy atom. The third kappa shape index (κ3) is 6.86. The van der Waals surface area contributed by atoms with Crippen LogP contribution in [0, 0.1) is 4.77 Å². The first-order valence-corrected chi connectivity index (χ1v) is 11.6. The predicted octanol–water partition coefficient (Wildman–Crippen LogP) is 4.98. The summed E-state index contributed by atoms with van der Waals surface area (Å²) in [4.78, 5) is 16.8. The Bertz CT molecular complexity index is 1110. The zero-order chi connectivity index (χ0) is 23.6. The van der Waals surface area contributed by atoms with Crippen molar-refractivity contribution in [3.05, 3.63) is 52.4 Å². The largest absolute Gasteiger partial charge is 0.474 e. The smallest absolute Gasteiger partial charge is 0.237 e. The lowest BCUT2D eigenvalue weighted by atomic mass is 10.2. The molecule has 0 unspecified atom stereocenters. The van der Waals surface area contributed by atoms with Gasteiger partial charge in [-0.15, -0.1) is 0 Å². The van der Waals surface area contributed by atoms with Gasteiger partial charge in [0.1, 0.15) is 12.3 Å². The Morgan fingerprint density at radius 3 is 2.70 bits per heavy atom. The van der Waals surface area contributed by atoms with Crippen LogP contribution in [0.25, 0.3) is 11.4 Å². The lowest BCUT2D eigenvalue weighted by molar-refractivity contribution is -0.116. The standard InChI is InChI=1S/C23H28ClN5O3S/c1-3-4-13-28-21(17-7-9-18(24)10-8-17)27-29(23(28)33)14-11-20(30)26-19-6-5-12-25-22(19)32-16-15-31-2/h5-10,12H,3-4,11,13-16H2,1-2H3,(H,26,30). The van der Waals surface area contributed by atoms with E-state index in [1.807, 2.05) is 28.8 Å². The van der Waals surface area contributed by atoms with Crippen LogP contribution >= 0.6 is 23.8 Å². The molecule has 8 nitrogen and oxygen atoms in total. The number of amides is 1. The topological polar surface area (TPSA) is 83.2 Å². The molecule has 3 aromatic rings. The Hall–Kier alpha value is -2.75. The monoisotopic (exact) mass is 489 g/mol. The number of hydrogen-bond acceptors (Lipinski definition) is 6. The van der Waals surface area contributed by atoms with Crippen molar-refractivity contribution in [1.82, 2.24) is 19.3 Å². The number of methoxy groups -OCH3 is 1. The van der Waals surface area contributed by atoms with Crippen molar-refractivity contribution in [3.63, 3.8) is 0 Å². The summed E-state index contributed by atoms with van der Waals surface area (Å²) in [6.07, 6.45) is 3.83. The fourth-order valence-corrected chi connectivity index (χ4v) is 3.60. The third-order valence-electron chi connectivity index (χ3n) is 4.88. The van der Waals surface area contributed by atoms with Gasteiger partial charge in [0, 0.05) is 36.9 Å². The highest BCUT2D eigenvalue weighted by Gasteiger charge is 2.15. The Labute approximate surface area is 203 Å².